The molecule has 0 radical (unpaired) electrons. The summed E-state index contributed by atoms with van der Waals surface area (Å²) in [6.45, 7) is 13.0. The molecule has 17 heteroatoms. The lowest BCUT2D eigenvalue weighted by Gasteiger charge is -2.43. The maximum atomic E-state index is 13.7. The third kappa shape index (κ3) is 11.4. The number of hydrogen-bond acceptors (Lipinski definition) is 11. The summed E-state index contributed by atoms with van der Waals surface area (Å²) in [5.74, 6) is 0. The molecule has 41 heavy (non-hydrogen) atoms. The van der Waals surface area contributed by atoms with E-state index in [1.165, 1.54) is 0 Å². The lowest BCUT2D eigenvalue weighted by molar-refractivity contribution is -0.436. The third-order valence-corrected chi connectivity index (χ3v) is 4.97. The van der Waals surface area contributed by atoms with Crippen LogP contribution >= 0.6 is 0 Å². The largest absolute Gasteiger partial charge is 0.382 e. The molecule has 0 saturated heterocycles. The minimum atomic E-state index is -2.07. The molecule has 0 aliphatic rings. The van der Waals surface area contributed by atoms with E-state index in [1.807, 2.05) is 0 Å². The van der Waals surface area contributed by atoms with E-state index in [0.29, 0.717) is 0 Å². The van der Waals surface area contributed by atoms with E-state index in [-0.39, 0.29) is 52.9 Å². The van der Waals surface area contributed by atoms with Crippen LogP contribution in [0.2, 0.25) is 0 Å². The lowest BCUT2D eigenvalue weighted by atomic mass is 10.5. The first kappa shape index (κ1) is 38.5. The van der Waals surface area contributed by atoms with E-state index in [9.17, 15) is 14.4 Å². The highest BCUT2D eigenvalue weighted by Gasteiger charge is 2.47. The van der Waals surface area contributed by atoms with Crippen molar-refractivity contribution in [2.24, 2.45) is 11.5 Å². The number of carbonyl (C=O) groups excluding carboxylic acids is 3. The highest BCUT2D eigenvalue weighted by atomic mass is 16.9. The van der Waals surface area contributed by atoms with Crippen molar-refractivity contribution < 1.29 is 52.3 Å². The molecule has 6 amide bonds. The molecule has 0 unspecified atom stereocenters. The molecule has 17 nitrogen and oxygen atoms in total. The molecule has 242 valence electrons. The molecule has 0 saturated carbocycles. The van der Waals surface area contributed by atoms with E-state index in [0.717, 1.165) is 14.7 Å². The standard InChI is InChI=1S/C24H50N6O11/c1-9-34-22(35-10-2)28(18-30(20(26)32)24(39-14-6,40-15-7)41-16-8)21(33)27-17-29(19(25)31)23(36-11-3,37-12-4)38-13-5/h22H,9-18H2,1-8H3,(H2,25,31)(H2,26,32)(H,27,33). The van der Waals surface area contributed by atoms with Crippen LogP contribution in [0.15, 0.2) is 0 Å². The van der Waals surface area contributed by atoms with Crippen molar-refractivity contribution in [2.75, 3.05) is 66.2 Å². The fourth-order valence-electron chi connectivity index (χ4n) is 3.55. The molecule has 0 rings (SSSR count). The molecule has 0 heterocycles. The number of amides is 6. The zero-order valence-electron chi connectivity index (χ0n) is 25.6. The molecule has 0 bridgehead atoms. The fourth-order valence-corrected chi connectivity index (χ4v) is 3.55. The Morgan fingerprint density at radius 1 is 0.610 bits per heavy atom. The van der Waals surface area contributed by atoms with Crippen LogP contribution in [0.25, 0.3) is 0 Å². The van der Waals surface area contributed by atoms with Gasteiger partial charge >= 0.3 is 30.3 Å². The summed E-state index contributed by atoms with van der Waals surface area (Å²) in [5, 5.41) is 2.54. The molecule has 0 spiro atoms. The quantitative estimate of drug-likeness (QED) is 0.144. The van der Waals surface area contributed by atoms with E-state index in [4.69, 9.17) is 49.4 Å². The van der Waals surface area contributed by atoms with E-state index < -0.39 is 50.0 Å². The zero-order valence-corrected chi connectivity index (χ0v) is 25.6. The van der Waals surface area contributed by atoms with Crippen molar-refractivity contribution >= 4 is 18.1 Å². The molecule has 0 aromatic carbocycles. The molecule has 0 aliphatic carbocycles. The topological polar surface area (TPSA) is 199 Å². The number of nitrogens with zero attached hydrogens (tertiary/aromatic N) is 3. The van der Waals surface area contributed by atoms with Crippen LogP contribution in [0.5, 0.6) is 0 Å². The normalized spacial score (nSPS) is 11.9. The molecule has 0 fully saturated rings. The number of nitrogens with two attached hydrogens (primary N) is 2. The van der Waals surface area contributed by atoms with Crippen LogP contribution < -0.4 is 16.8 Å². The van der Waals surface area contributed by atoms with Gasteiger partial charge in [0.1, 0.15) is 13.3 Å². The Hall–Kier alpha value is -2.51. The van der Waals surface area contributed by atoms with Gasteiger partial charge in [0.25, 0.3) is 0 Å². The van der Waals surface area contributed by atoms with Gasteiger partial charge in [-0.25, -0.2) is 24.2 Å². The Kier molecular flexibility index (Phi) is 19.1. The number of urea groups is 3. The summed E-state index contributed by atoms with van der Waals surface area (Å²) in [4.78, 5) is 41.6. The predicted octanol–water partition coefficient (Wildman–Crippen LogP) is 1.47. The van der Waals surface area contributed by atoms with Crippen molar-refractivity contribution in [2.45, 2.75) is 74.0 Å². The van der Waals surface area contributed by atoms with Gasteiger partial charge in [-0.2, -0.15) is 0 Å². The SMILES string of the molecule is CCOC(OCC)N(CN(C(N)=O)C(OCC)(OCC)OCC)C(=O)NCN(C(N)=O)C(OCC)(OCC)OCC. The summed E-state index contributed by atoms with van der Waals surface area (Å²) >= 11 is 0. The number of rotatable bonds is 23. The maximum Gasteiger partial charge on any atom is 0.382 e. The molecule has 5 N–H and O–H groups in total. The predicted molar refractivity (Wildman–Crippen MR) is 145 cm³/mol. The van der Waals surface area contributed by atoms with Crippen LogP contribution in [0.1, 0.15) is 55.4 Å². The first-order valence-electron chi connectivity index (χ1n) is 13.8. The summed E-state index contributed by atoms with van der Waals surface area (Å²) < 4.78 is 45.2. The van der Waals surface area contributed by atoms with Gasteiger partial charge in [0.05, 0.1) is 39.6 Å². The molecule has 0 aliphatic heterocycles. The van der Waals surface area contributed by atoms with Crippen molar-refractivity contribution in [1.29, 1.82) is 0 Å². The Balaban J connectivity index is 6.56. The summed E-state index contributed by atoms with van der Waals surface area (Å²) in [5.41, 5.74) is 11.3. The maximum absolute atomic E-state index is 13.7. The zero-order chi connectivity index (χ0) is 31.5. The van der Waals surface area contributed by atoms with Crippen LogP contribution in [0.4, 0.5) is 14.4 Å². The average molecular weight is 599 g/mol. The van der Waals surface area contributed by atoms with Crippen molar-refractivity contribution in [1.82, 2.24) is 20.0 Å². The minimum absolute atomic E-state index is 0.0677. The van der Waals surface area contributed by atoms with Gasteiger partial charge in [-0.15, -0.1) is 0 Å². The van der Waals surface area contributed by atoms with Crippen molar-refractivity contribution in [3.8, 4) is 0 Å². The van der Waals surface area contributed by atoms with Crippen LogP contribution in [-0.2, 0) is 37.9 Å². The number of primary amides is 2. The van der Waals surface area contributed by atoms with Crippen LogP contribution in [-0.4, -0.2) is 118 Å². The molecule has 0 aromatic rings. The third-order valence-electron chi connectivity index (χ3n) is 4.97. The Morgan fingerprint density at radius 2 is 0.951 bits per heavy atom. The molecule has 0 aromatic heterocycles. The number of nitrogens with one attached hydrogen (secondary N) is 1. The van der Waals surface area contributed by atoms with Crippen LogP contribution in [0.3, 0.4) is 0 Å². The van der Waals surface area contributed by atoms with E-state index in [2.05, 4.69) is 5.32 Å². The van der Waals surface area contributed by atoms with Crippen LogP contribution in [0, 0.1) is 0 Å². The highest BCUT2D eigenvalue weighted by molar-refractivity contribution is 5.77. The minimum Gasteiger partial charge on any atom is -0.351 e. The summed E-state index contributed by atoms with van der Waals surface area (Å²) in [6, 6.07) is -2.92. The lowest BCUT2D eigenvalue weighted by Crippen LogP contribution is -2.66. The van der Waals surface area contributed by atoms with Gasteiger partial charge in [0.15, 0.2) is 0 Å². The second kappa shape index (κ2) is 20.4. The Bertz CT molecular complexity index is 724. The first-order valence-corrected chi connectivity index (χ1v) is 13.8. The average Bonchev–Trinajstić information content (AvgIpc) is 2.89. The monoisotopic (exact) mass is 598 g/mol. The molecule has 0 atom stereocenters. The fraction of sp³-hybridized carbons (Fsp3) is 0.875. The smallest absolute Gasteiger partial charge is 0.351 e. The first-order chi connectivity index (χ1) is 19.5. The highest BCUT2D eigenvalue weighted by Crippen LogP contribution is 2.24. The van der Waals surface area contributed by atoms with Gasteiger partial charge in [0, 0.05) is 13.2 Å². The van der Waals surface area contributed by atoms with E-state index in [1.54, 1.807) is 55.4 Å². The second-order valence-electron chi connectivity index (χ2n) is 7.65. The Labute approximate surface area is 242 Å². The van der Waals surface area contributed by atoms with E-state index >= 15 is 0 Å². The number of hydrogen-bond donors (Lipinski definition) is 3. The van der Waals surface area contributed by atoms with Gasteiger partial charge in [-0.05, 0) is 55.4 Å². The van der Waals surface area contributed by atoms with Gasteiger partial charge < -0.3 is 54.7 Å². The van der Waals surface area contributed by atoms with Gasteiger partial charge in [0.2, 0.25) is 6.41 Å². The second-order valence-corrected chi connectivity index (χ2v) is 7.65. The number of carbonyl (C=O) groups is 3. The van der Waals surface area contributed by atoms with Gasteiger partial charge in [-0.1, -0.05) is 0 Å². The van der Waals surface area contributed by atoms with Crippen molar-refractivity contribution in [3.05, 3.63) is 0 Å². The molecular weight excluding hydrogens is 548 g/mol. The summed E-state index contributed by atoms with van der Waals surface area (Å²) in [7, 11) is 0. The van der Waals surface area contributed by atoms with Crippen molar-refractivity contribution in [3.63, 3.8) is 0 Å². The Morgan fingerprint density at radius 3 is 1.24 bits per heavy atom. The molecular formula is C24H50N6O11. The van der Waals surface area contributed by atoms with Gasteiger partial charge in [-0.3, -0.25) is 4.90 Å². The number of ether oxygens (including phenoxy) is 8. The summed E-state index contributed by atoms with van der Waals surface area (Å²) in [6.07, 6.45) is -5.40.